The minimum Gasteiger partial charge on any atom is -0.427 e. The maximum atomic E-state index is 12.2. The Hall–Kier alpha value is -0.740. The summed E-state index contributed by atoms with van der Waals surface area (Å²) in [5, 5.41) is 1.64. The second-order valence-corrected chi connectivity index (χ2v) is 3.77. The fraction of sp³-hybridized carbons (Fsp3) is 0.900. The fourth-order valence-corrected chi connectivity index (χ4v) is 1.53. The molecule has 0 bridgehead atoms. The Labute approximate surface area is 119 Å². The van der Waals surface area contributed by atoms with E-state index in [-0.39, 0.29) is 6.61 Å². The topological polar surface area (TPSA) is 48.0 Å². The molecule has 0 aromatic rings. The van der Waals surface area contributed by atoms with Gasteiger partial charge in [-0.15, -0.1) is 7.77 Å². The van der Waals surface area contributed by atoms with Gasteiger partial charge >= 0.3 is 6.16 Å². The number of halogens is 4. The molecule has 0 radical (unpaired) electrons. The molecule has 0 N–H and O–H groups in total. The van der Waals surface area contributed by atoms with Crippen molar-refractivity contribution in [2.24, 2.45) is 0 Å². The van der Waals surface area contributed by atoms with E-state index in [1.54, 1.807) is 5.06 Å². The Morgan fingerprint density at radius 2 is 1.75 bits per heavy atom. The monoisotopic (exact) mass is 323 g/mol. The number of ether oxygens (including phenoxy) is 2. The van der Waals surface area contributed by atoms with Crippen LogP contribution in [0.5, 0.6) is 0 Å². The van der Waals surface area contributed by atoms with Gasteiger partial charge in [0.15, 0.2) is 12.2 Å². The van der Waals surface area contributed by atoms with Crippen LogP contribution >= 0.6 is 12.5 Å². The van der Waals surface area contributed by atoms with E-state index in [2.05, 4.69) is 4.74 Å². The van der Waals surface area contributed by atoms with Crippen molar-refractivity contribution < 1.29 is 35.7 Å². The molecule has 5 nitrogen and oxygen atoms in total. The third-order valence-electron chi connectivity index (χ3n) is 2.45. The maximum absolute atomic E-state index is 12.2. The summed E-state index contributed by atoms with van der Waals surface area (Å²) in [6.45, 7) is 5.16. The number of hydroxylamine groups is 2. The molecule has 0 amide bonds. The summed E-state index contributed by atoms with van der Waals surface area (Å²) in [5.41, 5.74) is 0. The number of cyclic esters (lactones) is 2. The Morgan fingerprint density at radius 3 is 2.20 bits per heavy atom. The van der Waals surface area contributed by atoms with Crippen LogP contribution in [0.3, 0.4) is 0 Å². The normalized spacial score (nSPS) is 21.5. The van der Waals surface area contributed by atoms with E-state index in [9.17, 15) is 21.3 Å². The minimum absolute atomic E-state index is 0.0325. The van der Waals surface area contributed by atoms with Crippen LogP contribution in [0.2, 0.25) is 0 Å². The highest BCUT2D eigenvalue weighted by Gasteiger charge is 2.38. The van der Waals surface area contributed by atoms with Gasteiger partial charge in [0.1, 0.15) is 6.61 Å². The van der Waals surface area contributed by atoms with Gasteiger partial charge in [-0.05, 0) is 0 Å². The van der Waals surface area contributed by atoms with Crippen molar-refractivity contribution in [3.05, 3.63) is 0 Å². The van der Waals surface area contributed by atoms with Crippen molar-refractivity contribution >= 4 is 18.7 Å². The average molecular weight is 323 g/mol. The van der Waals surface area contributed by atoms with Gasteiger partial charge in [0.05, 0.1) is 0 Å². The van der Waals surface area contributed by atoms with Crippen LogP contribution < -0.4 is 0 Å². The van der Waals surface area contributed by atoms with Crippen molar-refractivity contribution in [3.8, 4) is 0 Å². The van der Waals surface area contributed by atoms with Crippen LogP contribution in [-0.2, 0) is 14.3 Å². The third kappa shape index (κ3) is 7.75. The Balaban J connectivity index is 0.00000110. The zero-order valence-corrected chi connectivity index (χ0v) is 11.9. The van der Waals surface area contributed by atoms with Crippen molar-refractivity contribution in [1.29, 1.82) is 0 Å². The smallest absolute Gasteiger partial charge is 0.427 e. The standard InChI is InChI=1S/C10H17F2NO4.F2S/c1-3-13(4-2)15-6-8-7(5-9(11)12)16-10(14)17-8;1-3-2/h7-9H,3-6H2,1-2H3;. The minimum atomic E-state index is -2.54. The Morgan fingerprint density at radius 1 is 1.25 bits per heavy atom. The molecule has 2 unspecified atom stereocenters. The van der Waals surface area contributed by atoms with Gasteiger partial charge in [-0.1, -0.05) is 13.8 Å². The van der Waals surface area contributed by atoms with E-state index < -0.39 is 43.7 Å². The second-order valence-electron chi connectivity index (χ2n) is 3.66. The first kappa shape index (κ1) is 19.3. The molecule has 1 aliphatic heterocycles. The first-order valence-electron chi connectivity index (χ1n) is 5.90. The quantitative estimate of drug-likeness (QED) is 0.407. The Kier molecular flexibility index (Phi) is 10.6. The number of hydrogen-bond acceptors (Lipinski definition) is 6. The molecule has 1 fully saturated rings. The summed E-state index contributed by atoms with van der Waals surface area (Å²) in [5.74, 6) is 0. The predicted molar refractivity (Wildman–Crippen MR) is 64.4 cm³/mol. The lowest BCUT2D eigenvalue weighted by Gasteiger charge is -2.21. The van der Waals surface area contributed by atoms with E-state index >= 15 is 0 Å². The van der Waals surface area contributed by atoms with E-state index in [1.165, 1.54) is 0 Å². The number of carbonyl (C=O) groups excluding carboxylic acids is 1. The molecule has 1 rings (SSSR count). The predicted octanol–water partition coefficient (Wildman–Crippen LogP) is 3.31. The van der Waals surface area contributed by atoms with Gasteiger partial charge in [-0.3, -0.25) is 4.84 Å². The zero-order chi connectivity index (χ0) is 15.5. The highest BCUT2D eigenvalue weighted by Crippen LogP contribution is 2.21. The molecule has 10 heteroatoms. The molecule has 1 heterocycles. The number of carbonyl (C=O) groups is 1. The SMILES string of the molecule is CCN(CC)OCC1OC(=O)OC1CC(F)F.FSF. The van der Waals surface area contributed by atoms with E-state index in [4.69, 9.17) is 9.57 Å². The molecule has 0 saturated carbocycles. The molecule has 120 valence electrons. The lowest BCUT2D eigenvalue weighted by atomic mass is 10.1. The van der Waals surface area contributed by atoms with Gasteiger partial charge < -0.3 is 9.47 Å². The van der Waals surface area contributed by atoms with Gasteiger partial charge in [0, 0.05) is 19.5 Å². The molecule has 0 aliphatic carbocycles. The zero-order valence-electron chi connectivity index (χ0n) is 11.1. The average Bonchev–Trinajstić information content (AvgIpc) is 2.71. The molecule has 0 aromatic carbocycles. The summed E-state index contributed by atoms with van der Waals surface area (Å²) in [4.78, 5) is 16.2. The summed E-state index contributed by atoms with van der Waals surface area (Å²) < 4.78 is 52.9. The summed E-state index contributed by atoms with van der Waals surface area (Å²) in [7, 11) is 0. The maximum Gasteiger partial charge on any atom is 0.509 e. The van der Waals surface area contributed by atoms with Gasteiger partial charge in [0.25, 0.3) is 12.5 Å². The number of rotatable bonds is 7. The Bertz CT molecular complexity index is 272. The molecule has 0 spiro atoms. The molecule has 0 aromatic heterocycles. The largest absolute Gasteiger partial charge is 0.509 e. The molecular weight excluding hydrogens is 306 g/mol. The van der Waals surface area contributed by atoms with Crippen LogP contribution in [0.25, 0.3) is 0 Å². The van der Waals surface area contributed by atoms with Crippen molar-refractivity contribution in [2.45, 2.75) is 38.9 Å². The van der Waals surface area contributed by atoms with Gasteiger partial charge in [-0.2, -0.15) is 5.06 Å². The lowest BCUT2D eigenvalue weighted by Crippen LogP contribution is -2.34. The molecule has 1 aliphatic rings. The first-order valence-corrected chi connectivity index (χ1v) is 6.52. The third-order valence-corrected chi connectivity index (χ3v) is 2.45. The highest BCUT2D eigenvalue weighted by molar-refractivity contribution is 7.89. The van der Waals surface area contributed by atoms with E-state index in [0.29, 0.717) is 13.1 Å². The van der Waals surface area contributed by atoms with E-state index in [0.717, 1.165) is 0 Å². The van der Waals surface area contributed by atoms with Crippen LogP contribution in [0, 0.1) is 0 Å². The number of nitrogens with zero attached hydrogens (tertiary/aromatic N) is 1. The second kappa shape index (κ2) is 11.0. The fourth-order valence-electron chi connectivity index (χ4n) is 1.53. The molecular formula is C10H17F4NO4S. The number of alkyl halides is 2. The molecule has 1 saturated heterocycles. The van der Waals surface area contributed by atoms with Crippen molar-refractivity contribution in [3.63, 3.8) is 0 Å². The van der Waals surface area contributed by atoms with Crippen molar-refractivity contribution in [1.82, 2.24) is 5.06 Å². The highest BCUT2D eigenvalue weighted by atomic mass is 32.2. The summed E-state index contributed by atoms with van der Waals surface area (Å²) in [6.07, 6.45) is -5.68. The number of hydrogen-bond donors (Lipinski definition) is 0. The molecule has 20 heavy (non-hydrogen) atoms. The summed E-state index contributed by atoms with van der Waals surface area (Å²) >= 11 is -1.25. The lowest BCUT2D eigenvalue weighted by molar-refractivity contribution is -0.174. The first-order chi connectivity index (χ1) is 9.48. The molecule has 2 atom stereocenters. The van der Waals surface area contributed by atoms with Gasteiger partial charge in [-0.25, -0.2) is 13.6 Å². The van der Waals surface area contributed by atoms with Crippen LogP contribution in [0.1, 0.15) is 20.3 Å². The van der Waals surface area contributed by atoms with Crippen molar-refractivity contribution in [2.75, 3.05) is 19.7 Å². The summed E-state index contributed by atoms with van der Waals surface area (Å²) in [6, 6.07) is 0. The van der Waals surface area contributed by atoms with Crippen LogP contribution in [-0.4, -0.2) is 49.5 Å². The van der Waals surface area contributed by atoms with Crippen LogP contribution in [0.4, 0.5) is 21.3 Å². The van der Waals surface area contributed by atoms with E-state index in [1.807, 2.05) is 13.8 Å². The van der Waals surface area contributed by atoms with Gasteiger partial charge in [0.2, 0.25) is 6.43 Å². The van der Waals surface area contributed by atoms with Crippen LogP contribution in [0.15, 0.2) is 0 Å².